The van der Waals surface area contributed by atoms with Gasteiger partial charge >= 0.3 is 0 Å². The van der Waals surface area contributed by atoms with E-state index >= 15 is 0 Å². The minimum Gasteiger partial charge on any atom is -0.326 e. The van der Waals surface area contributed by atoms with Crippen molar-refractivity contribution in [3.8, 4) is 0 Å². The quantitative estimate of drug-likeness (QED) is 0.543. The van der Waals surface area contributed by atoms with Crippen molar-refractivity contribution in [2.24, 2.45) is 0 Å². The van der Waals surface area contributed by atoms with Crippen LogP contribution in [0.4, 0.5) is 11.4 Å². The molecule has 0 aliphatic heterocycles. The van der Waals surface area contributed by atoms with Crippen LogP contribution in [0.25, 0.3) is 0 Å². The molecule has 1 aromatic heterocycles. The number of rotatable bonds is 9. The molecule has 0 saturated heterocycles. The summed E-state index contributed by atoms with van der Waals surface area (Å²) in [6.07, 6.45) is 0.826. The number of likely N-dealkylation sites (N-methyl/N-ethyl adjacent to an activating group) is 1. The molecule has 7 heteroatoms. The number of hydrogen-bond donors (Lipinski definition) is 2. The fourth-order valence-electron chi connectivity index (χ4n) is 3.03. The van der Waals surface area contributed by atoms with Crippen LogP contribution in [-0.2, 0) is 22.6 Å². The zero-order valence-corrected chi connectivity index (χ0v) is 18.0. The van der Waals surface area contributed by atoms with Gasteiger partial charge in [0.2, 0.25) is 11.8 Å². The molecule has 0 spiro atoms. The molecule has 156 valence electrons. The Balaban J connectivity index is 1.51. The van der Waals surface area contributed by atoms with Gasteiger partial charge in [0.05, 0.1) is 17.2 Å². The molecular weight excluding hydrogens is 396 g/mol. The monoisotopic (exact) mass is 422 g/mol. The number of nitrogens with one attached hydrogen (secondary N) is 2. The average molecular weight is 423 g/mol. The summed E-state index contributed by atoms with van der Waals surface area (Å²) in [5, 5.41) is 8.75. The van der Waals surface area contributed by atoms with Crippen LogP contribution in [0.1, 0.15) is 30.1 Å². The van der Waals surface area contributed by atoms with Crippen LogP contribution in [0.3, 0.4) is 0 Å². The number of benzene rings is 2. The number of carbonyl (C=O) groups excluding carboxylic acids is 2. The number of anilines is 2. The molecule has 1 heterocycles. The summed E-state index contributed by atoms with van der Waals surface area (Å²) >= 11 is 1.66. The molecule has 0 fully saturated rings. The Hall–Kier alpha value is -3.03. The predicted molar refractivity (Wildman–Crippen MR) is 122 cm³/mol. The van der Waals surface area contributed by atoms with Gasteiger partial charge in [0, 0.05) is 36.6 Å². The standard InChI is InChI=1S/C23H26N4O2S/c1-3-27(14-21-16-30-23(26-21)13-18-7-5-4-6-8-18)15-22(29)25-20-11-9-19(10-12-20)24-17(2)28/h4-12,16H,3,13-15H2,1-2H3,(H,24,28)(H,25,29). The van der Waals surface area contributed by atoms with Gasteiger partial charge in [0.1, 0.15) is 0 Å². The molecule has 0 aliphatic carbocycles. The van der Waals surface area contributed by atoms with E-state index in [1.165, 1.54) is 12.5 Å². The fourth-order valence-corrected chi connectivity index (χ4v) is 3.84. The van der Waals surface area contributed by atoms with Crippen molar-refractivity contribution in [2.45, 2.75) is 26.8 Å². The summed E-state index contributed by atoms with van der Waals surface area (Å²) in [4.78, 5) is 30.3. The van der Waals surface area contributed by atoms with E-state index in [-0.39, 0.29) is 18.4 Å². The lowest BCUT2D eigenvalue weighted by Crippen LogP contribution is -2.32. The highest BCUT2D eigenvalue weighted by molar-refractivity contribution is 7.09. The molecule has 0 aliphatic rings. The summed E-state index contributed by atoms with van der Waals surface area (Å²) in [5.74, 6) is -0.205. The first-order chi connectivity index (χ1) is 14.5. The third-order valence-electron chi connectivity index (χ3n) is 4.49. The summed E-state index contributed by atoms with van der Waals surface area (Å²) < 4.78 is 0. The van der Waals surface area contributed by atoms with E-state index in [0.717, 1.165) is 23.7 Å². The highest BCUT2D eigenvalue weighted by Crippen LogP contribution is 2.17. The van der Waals surface area contributed by atoms with E-state index in [1.54, 1.807) is 35.6 Å². The van der Waals surface area contributed by atoms with Crippen molar-refractivity contribution in [1.82, 2.24) is 9.88 Å². The molecule has 6 nitrogen and oxygen atoms in total. The molecule has 3 aromatic rings. The Morgan fingerprint density at radius 2 is 1.67 bits per heavy atom. The Kier molecular flexibility index (Phi) is 7.70. The predicted octanol–water partition coefficient (Wildman–Crippen LogP) is 4.15. The van der Waals surface area contributed by atoms with Gasteiger partial charge in [-0.15, -0.1) is 11.3 Å². The van der Waals surface area contributed by atoms with Gasteiger partial charge in [-0.2, -0.15) is 0 Å². The van der Waals surface area contributed by atoms with E-state index in [9.17, 15) is 9.59 Å². The third-order valence-corrected chi connectivity index (χ3v) is 5.38. The third kappa shape index (κ3) is 6.79. The number of thiazole rings is 1. The molecule has 30 heavy (non-hydrogen) atoms. The lowest BCUT2D eigenvalue weighted by Gasteiger charge is -2.18. The Labute approximate surface area is 181 Å². The van der Waals surface area contributed by atoms with Crippen LogP contribution in [0.5, 0.6) is 0 Å². The van der Waals surface area contributed by atoms with Gasteiger partial charge in [0.25, 0.3) is 0 Å². The van der Waals surface area contributed by atoms with Gasteiger partial charge in [-0.05, 0) is 36.4 Å². The first-order valence-electron chi connectivity index (χ1n) is 9.89. The van der Waals surface area contributed by atoms with Gasteiger partial charge < -0.3 is 10.6 Å². The van der Waals surface area contributed by atoms with E-state index in [1.807, 2.05) is 25.1 Å². The minimum absolute atomic E-state index is 0.0798. The number of carbonyl (C=O) groups is 2. The number of nitrogens with zero attached hydrogens (tertiary/aromatic N) is 2. The Morgan fingerprint density at radius 1 is 1.00 bits per heavy atom. The first-order valence-corrected chi connectivity index (χ1v) is 10.8. The molecule has 0 atom stereocenters. The fraction of sp³-hybridized carbons (Fsp3) is 0.261. The van der Waals surface area contributed by atoms with Crippen molar-refractivity contribution < 1.29 is 9.59 Å². The van der Waals surface area contributed by atoms with Crippen LogP contribution in [0.2, 0.25) is 0 Å². The summed E-state index contributed by atoms with van der Waals surface area (Å²) in [6.45, 7) is 5.17. The maximum absolute atomic E-state index is 12.4. The molecule has 0 bridgehead atoms. The Bertz CT molecular complexity index is 970. The maximum atomic E-state index is 12.4. The lowest BCUT2D eigenvalue weighted by molar-refractivity contribution is -0.117. The molecule has 2 amide bonds. The van der Waals surface area contributed by atoms with E-state index in [4.69, 9.17) is 4.98 Å². The van der Waals surface area contributed by atoms with Gasteiger partial charge in [-0.1, -0.05) is 37.3 Å². The van der Waals surface area contributed by atoms with Crippen LogP contribution in [0, 0.1) is 0 Å². The van der Waals surface area contributed by atoms with Crippen molar-refractivity contribution in [2.75, 3.05) is 23.7 Å². The van der Waals surface area contributed by atoms with Crippen molar-refractivity contribution in [3.05, 3.63) is 76.2 Å². The number of hydrogen-bond acceptors (Lipinski definition) is 5. The molecular formula is C23H26N4O2S. The van der Waals surface area contributed by atoms with E-state index in [2.05, 4.69) is 33.0 Å². The summed E-state index contributed by atoms with van der Waals surface area (Å²) in [7, 11) is 0. The SMILES string of the molecule is CCN(CC(=O)Nc1ccc(NC(C)=O)cc1)Cc1csc(Cc2ccccc2)n1. The van der Waals surface area contributed by atoms with Crippen LogP contribution in [-0.4, -0.2) is 34.8 Å². The zero-order valence-electron chi connectivity index (χ0n) is 17.2. The normalized spacial score (nSPS) is 10.8. The van der Waals surface area contributed by atoms with Gasteiger partial charge in [-0.25, -0.2) is 4.98 Å². The molecule has 0 radical (unpaired) electrons. The highest BCUT2D eigenvalue weighted by atomic mass is 32.1. The number of aromatic nitrogens is 1. The summed E-state index contributed by atoms with van der Waals surface area (Å²) in [5.41, 5.74) is 3.63. The minimum atomic E-state index is -0.126. The number of amides is 2. The zero-order chi connectivity index (χ0) is 21.3. The smallest absolute Gasteiger partial charge is 0.238 e. The second-order valence-corrected chi connectivity index (χ2v) is 7.95. The molecule has 2 aromatic carbocycles. The molecule has 2 N–H and O–H groups in total. The van der Waals surface area contributed by atoms with Crippen molar-refractivity contribution in [3.63, 3.8) is 0 Å². The van der Waals surface area contributed by atoms with Crippen LogP contribution in [0.15, 0.2) is 60.0 Å². The average Bonchev–Trinajstić information content (AvgIpc) is 3.16. The lowest BCUT2D eigenvalue weighted by atomic mass is 10.2. The molecule has 0 unspecified atom stereocenters. The topological polar surface area (TPSA) is 74.3 Å². The second-order valence-electron chi connectivity index (χ2n) is 7.00. The van der Waals surface area contributed by atoms with E-state index in [0.29, 0.717) is 17.9 Å². The molecule has 0 saturated carbocycles. The van der Waals surface area contributed by atoms with E-state index < -0.39 is 0 Å². The first kappa shape index (κ1) is 21.7. The summed E-state index contributed by atoms with van der Waals surface area (Å²) in [6, 6.07) is 17.4. The van der Waals surface area contributed by atoms with Gasteiger partial charge in [-0.3, -0.25) is 14.5 Å². The molecule has 3 rings (SSSR count). The maximum Gasteiger partial charge on any atom is 0.238 e. The van der Waals surface area contributed by atoms with Crippen LogP contribution >= 0.6 is 11.3 Å². The van der Waals surface area contributed by atoms with Crippen molar-refractivity contribution >= 4 is 34.5 Å². The van der Waals surface area contributed by atoms with Crippen molar-refractivity contribution in [1.29, 1.82) is 0 Å². The van der Waals surface area contributed by atoms with Crippen LogP contribution < -0.4 is 10.6 Å². The van der Waals surface area contributed by atoms with Gasteiger partial charge in [0.15, 0.2) is 0 Å². The Morgan fingerprint density at radius 3 is 2.30 bits per heavy atom. The highest BCUT2D eigenvalue weighted by Gasteiger charge is 2.12. The second kappa shape index (κ2) is 10.7. The largest absolute Gasteiger partial charge is 0.326 e.